The van der Waals surface area contributed by atoms with Gasteiger partial charge in [0.15, 0.2) is 0 Å². The monoisotopic (exact) mass is 412 g/mol. The molecule has 1 N–H and O–H groups in total. The topological polar surface area (TPSA) is 70.5 Å². The Morgan fingerprint density at radius 2 is 1.76 bits per heavy atom. The van der Waals surface area contributed by atoms with E-state index in [-0.39, 0.29) is 17.9 Å². The average Bonchev–Trinajstić information content (AvgIpc) is 2.70. The van der Waals surface area contributed by atoms with Crippen molar-refractivity contribution in [1.29, 1.82) is 0 Å². The van der Waals surface area contributed by atoms with Crippen LogP contribution in [0.4, 0.5) is 4.39 Å². The van der Waals surface area contributed by atoms with Gasteiger partial charge in [0.2, 0.25) is 0 Å². The van der Waals surface area contributed by atoms with E-state index in [1.165, 1.54) is 23.2 Å². The highest BCUT2D eigenvalue weighted by atomic mass is 35.5. The molecule has 3 rings (SSSR count). The number of hydrogen-bond donors (Lipinski definition) is 1. The average molecular weight is 413 g/mol. The van der Waals surface area contributed by atoms with Gasteiger partial charge >= 0.3 is 5.97 Å². The minimum absolute atomic E-state index is 0.0716. The fourth-order valence-corrected chi connectivity index (χ4v) is 3.04. The summed E-state index contributed by atoms with van der Waals surface area (Å²) in [6, 6.07) is 16.4. The minimum atomic E-state index is -1.12. The molecule has 1 heterocycles. The van der Waals surface area contributed by atoms with Crippen LogP contribution in [0.25, 0.3) is 0 Å². The molecule has 0 fully saturated rings. The summed E-state index contributed by atoms with van der Waals surface area (Å²) in [7, 11) is 0. The van der Waals surface area contributed by atoms with Crippen LogP contribution in [0.15, 0.2) is 66.9 Å². The molecule has 1 amide bonds. The summed E-state index contributed by atoms with van der Waals surface area (Å²) >= 11 is 6.14. The highest BCUT2D eigenvalue weighted by molar-refractivity contribution is 6.31. The van der Waals surface area contributed by atoms with Crippen LogP contribution >= 0.6 is 11.6 Å². The van der Waals surface area contributed by atoms with E-state index < -0.39 is 18.4 Å². The Kier molecular flexibility index (Phi) is 6.57. The lowest BCUT2D eigenvalue weighted by atomic mass is 10.1. The lowest BCUT2D eigenvalue weighted by Crippen LogP contribution is -2.35. The smallest absolute Gasteiger partial charge is 0.323 e. The highest BCUT2D eigenvalue weighted by Gasteiger charge is 2.20. The maximum atomic E-state index is 13.0. The third-order valence-corrected chi connectivity index (χ3v) is 4.67. The number of benzene rings is 2. The maximum absolute atomic E-state index is 13.0. The molecule has 0 radical (unpaired) electrons. The molecule has 7 heteroatoms. The molecule has 3 aromatic rings. The zero-order valence-electron chi connectivity index (χ0n) is 15.4. The second kappa shape index (κ2) is 9.30. The molecule has 0 spiro atoms. The summed E-state index contributed by atoms with van der Waals surface area (Å²) in [4.78, 5) is 29.6. The molecular weight excluding hydrogens is 395 g/mol. The predicted molar refractivity (Wildman–Crippen MR) is 107 cm³/mol. The first-order chi connectivity index (χ1) is 13.9. The quantitative estimate of drug-likeness (QED) is 0.631. The number of hydrogen-bond acceptors (Lipinski definition) is 3. The Balaban J connectivity index is 1.75. The Morgan fingerprint density at radius 1 is 1.03 bits per heavy atom. The van der Waals surface area contributed by atoms with Crippen molar-refractivity contribution in [3.8, 4) is 0 Å². The normalized spacial score (nSPS) is 10.6. The predicted octanol–water partition coefficient (Wildman–Crippen LogP) is 4.19. The van der Waals surface area contributed by atoms with Crippen LogP contribution in [0.5, 0.6) is 0 Å². The molecule has 29 heavy (non-hydrogen) atoms. The van der Waals surface area contributed by atoms with E-state index in [1.54, 1.807) is 48.5 Å². The number of carbonyl (C=O) groups is 2. The number of carboxylic acid groups (broad SMARTS) is 1. The summed E-state index contributed by atoms with van der Waals surface area (Å²) in [5.74, 6) is -1.88. The van der Waals surface area contributed by atoms with E-state index in [2.05, 4.69) is 4.98 Å². The first-order valence-corrected chi connectivity index (χ1v) is 9.24. The number of amides is 1. The molecule has 148 valence electrons. The van der Waals surface area contributed by atoms with Crippen molar-refractivity contribution in [2.45, 2.75) is 13.0 Å². The summed E-state index contributed by atoms with van der Waals surface area (Å²) in [6.45, 7) is -0.385. The van der Waals surface area contributed by atoms with Gasteiger partial charge in [-0.25, -0.2) is 4.39 Å². The van der Waals surface area contributed by atoms with E-state index >= 15 is 0 Å². The van der Waals surface area contributed by atoms with Gasteiger partial charge in [0, 0.05) is 29.9 Å². The standard InChI is InChI=1S/C22H18ClFN2O3/c23-20-4-2-1-3-17(20)13-26(14-21(27)28)22(29)16-7-10-19(25-12-16)11-15-5-8-18(24)9-6-15/h1-10,12H,11,13-14H2,(H,27,28). The molecule has 0 unspecified atom stereocenters. The van der Waals surface area contributed by atoms with Crippen LogP contribution in [0.2, 0.25) is 5.02 Å². The second-order valence-electron chi connectivity index (χ2n) is 6.49. The summed E-state index contributed by atoms with van der Waals surface area (Å²) in [6.07, 6.45) is 1.91. The molecule has 0 saturated heterocycles. The van der Waals surface area contributed by atoms with Crippen LogP contribution < -0.4 is 0 Å². The van der Waals surface area contributed by atoms with E-state index in [0.29, 0.717) is 22.7 Å². The number of carboxylic acids is 1. The minimum Gasteiger partial charge on any atom is -0.480 e. The van der Waals surface area contributed by atoms with Crippen molar-refractivity contribution < 1.29 is 19.1 Å². The van der Waals surface area contributed by atoms with E-state index in [9.17, 15) is 19.1 Å². The van der Waals surface area contributed by atoms with Gasteiger partial charge in [-0.15, -0.1) is 0 Å². The van der Waals surface area contributed by atoms with Gasteiger partial charge < -0.3 is 10.0 Å². The molecule has 0 aliphatic heterocycles. The first kappa shape index (κ1) is 20.5. The molecule has 0 aliphatic carbocycles. The van der Waals surface area contributed by atoms with Crippen molar-refractivity contribution in [3.63, 3.8) is 0 Å². The molecule has 5 nitrogen and oxygen atoms in total. The van der Waals surface area contributed by atoms with E-state index in [1.807, 2.05) is 0 Å². The van der Waals surface area contributed by atoms with Crippen molar-refractivity contribution in [1.82, 2.24) is 9.88 Å². The first-order valence-electron chi connectivity index (χ1n) is 8.86. The SMILES string of the molecule is O=C(O)CN(Cc1ccccc1Cl)C(=O)c1ccc(Cc2ccc(F)cc2)nc1. The molecule has 0 bridgehead atoms. The van der Waals surface area contributed by atoms with Gasteiger partial charge in [-0.3, -0.25) is 14.6 Å². The summed E-state index contributed by atoms with van der Waals surface area (Å²) in [5.41, 5.74) is 2.54. The number of aromatic nitrogens is 1. The molecule has 2 aromatic carbocycles. The van der Waals surface area contributed by atoms with Gasteiger partial charge in [0.1, 0.15) is 12.4 Å². The number of halogens is 2. The number of aliphatic carboxylic acids is 1. The number of pyridine rings is 1. The zero-order valence-corrected chi connectivity index (χ0v) is 16.1. The van der Waals surface area contributed by atoms with Gasteiger partial charge in [-0.1, -0.05) is 41.9 Å². The molecule has 0 saturated carbocycles. The van der Waals surface area contributed by atoms with Crippen molar-refractivity contribution in [2.24, 2.45) is 0 Å². The van der Waals surface area contributed by atoms with Crippen molar-refractivity contribution >= 4 is 23.5 Å². The second-order valence-corrected chi connectivity index (χ2v) is 6.90. The van der Waals surface area contributed by atoms with Crippen LogP contribution in [-0.4, -0.2) is 33.4 Å². The third kappa shape index (κ3) is 5.62. The van der Waals surface area contributed by atoms with E-state index in [4.69, 9.17) is 11.6 Å². The third-order valence-electron chi connectivity index (χ3n) is 4.30. The van der Waals surface area contributed by atoms with Gasteiger partial charge in [-0.2, -0.15) is 0 Å². The largest absolute Gasteiger partial charge is 0.480 e. The van der Waals surface area contributed by atoms with Gasteiger partial charge in [0.05, 0.1) is 5.56 Å². The Hall–Kier alpha value is -3.25. The van der Waals surface area contributed by atoms with Crippen LogP contribution in [-0.2, 0) is 17.8 Å². The van der Waals surface area contributed by atoms with Crippen LogP contribution in [0.3, 0.4) is 0 Å². The Morgan fingerprint density at radius 3 is 2.38 bits per heavy atom. The molecule has 0 atom stereocenters. The molecule has 1 aromatic heterocycles. The highest BCUT2D eigenvalue weighted by Crippen LogP contribution is 2.18. The summed E-state index contributed by atoms with van der Waals surface area (Å²) in [5, 5.41) is 9.65. The van der Waals surface area contributed by atoms with Gasteiger partial charge in [-0.05, 0) is 41.5 Å². The lowest BCUT2D eigenvalue weighted by molar-refractivity contribution is -0.137. The van der Waals surface area contributed by atoms with Crippen molar-refractivity contribution in [3.05, 3.63) is 100 Å². The van der Waals surface area contributed by atoms with Gasteiger partial charge in [0.25, 0.3) is 5.91 Å². The summed E-state index contributed by atoms with van der Waals surface area (Å²) < 4.78 is 13.0. The zero-order chi connectivity index (χ0) is 20.8. The fraction of sp³-hybridized carbons (Fsp3) is 0.136. The molecule has 0 aliphatic rings. The number of carbonyl (C=O) groups excluding carboxylic acids is 1. The van der Waals surface area contributed by atoms with Crippen molar-refractivity contribution in [2.75, 3.05) is 6.54 Å². The van der Waals surface area contributed by atoms with Crippen LogP contribution in [0.1, 0.15) is 27.2 Å². The number of nitrogens with zero attached hydrogens (tertiary/aromatic N) is 2. The Bertz CT molecular complexity index is 1010. The fourth-order valence-electron chi connectivity index (χ4n) is 2.84. The van der Waals surface area contributed by atoms with Crippen LogP contribution in [0, 0.1) is 5.82 Å². The van der Waals surface area contributed by atoms with E-state index in [0.717, 1.165) is 5.56 Å². The Labute approximate surface area is 172 Å². The molecular formula is C22H18ClFN2O3. The number of rotatable bonds is 7. The lowest BCUT2D eigenvalue weighted by Gasteiger charge is -2.21. The maximum Gasteiger partial charge on any atom is 0.323 e.